The molecule has 0 radical (unpaired) electrons. The fourth-order valence-corrected chi connectivity index (χ4v) is 2.97. The van der Waals surface area contributed by atoms with Gasteiger partial charge in [0.15, 0.2) is 0 Å². The van der Waals surface area contributed by atoms with Gasteiger partial charge in [0, 0.05) is 18.7 Å². The number of hydrogen-bond acceptors (Lipinski definition) is 3. The van der Waals surface area contributed by atoms with Crippen LogP contribution in [0.2, 0.25) is 0 Å². The van der Waals surface area contributed by atoms with E-state index >= 15 is 0 Å². The zero-order chi connectivity index (χ0) is 13.4. The molecular formula is C14H16N2O3. The molecule has 2 unspecified atom stereocenters. The number of carbonyl (C=O) groups excluding carboxylic acids is 2. The Morgan fingerprint density at radius 3 is 2.79 bits per heavy atom. The first-order valence-electron chi connectivity index (χ1n) is 6.54. The molecule has 5 nitrogen and oxygen atoms in total. The number of phenols is 1. The largest absolute Gasteiger partial charge is 0.508 e. The summed E-state index contributed by atoms with van der Waals surface area (Å²) in [5.41, 5.74) is 0.554. The number of benzene rings is 1. The van der Waals surface area contributed by atoms with Crippen molar-refractivity contribution >= 4 is 11.8 Å². The van der Waals surface area contributed by atoms with Crippen LogP contribution >= 0.6 is 0 Å². The van der Waals surface area contributed by atoms with Crippen LogP contribution in [0.3, 0.4) is 0 Å². The molecule has 0 bridgehead atoms. The molecule has 2 saturated heterocycles. The molecule has 19 heavy (non-hydrogen) atoms. The van der Waals surface area contributed by atoms with Gasteiger partial charge in [0.1, 0.15) is 5.75 Å². The highest BCUT2D eigenvalue weighted by atomic mass is 16.3. The number of nitrogens with one attached hydrogen (secondary N) is 1. The van der Waals surface area contributed by atoms with Crippen molar-refractivity contribution in [2.24, 2.45) is 5.92 Å². The number of phenolic OH excluding ortho intramolecular Hbond substituents is 1. The van der Waals surface area contributed by atoms with Crippen molar-refractivity contribution in [2.75, 3.05) is 13.1 Å². The fourth-order valence-electron chi connectivity index (χ4n) is 2.97. The second-order valence-corrected chi connectivity index (χ2v) is 5.11. The molecule has 2 atom stereocenters. The number of aromatic hydroxyl groups is 1. The molecule has 0 aliphatic carbocycles. The Bertz CT molecular complexity index is 512. The normalized spacial score (nSPS) is 25.9. The van der Waals surface area contributed by atoms with E-state index < -0.39 is 0 Å². The Kier molecular flexibility index (Phi) is 2.89. The molecule has 1 aromatic carbocycles. The molecule has 2 amide bonds. The maximum atomic E-state index is 12.5. The summed E-state index contributed by atoms with van der Waals surface area (Å²) in [6.07, 6.45) is 1.72. The van der Waals surface area contributed by atoms with Gasteiger partial charge in [-0.1, -0.05) is 0 Å². The molecule has 2 fully saturated rings. The summed E-state index contributed by atoms with van der Waals surface area (Å²) in [4.78, 5) is 25.9. The zero-order valence-corrected chi connectivity index (χ0v) is 10.5. The lowest BCUT2D eigenvalue weighted by atomic mass is 9.91. The highest BCUT2D eigenvalue weighted by Gasteiger charge is 2.42. The summed E-state index contributed by atoms with van der Waals surface area (Å²) in [5.74, 6) is 0.0833. The lowest BCUT2D eigenvalue weighted by Crippen LogP contribution is -2.48. The number of fused-ring (bicyclic) bond motifs is 1. The third kappa shape index (κ3) is 2.05. The molecular weight excluding hydrogens is 244 g/mol. The first kappa shape index (κ1) is 12.0. The molecule has 2 aliphatic heterocycles. The fraction of sp³-hybridized carbons (Fsp3) is 0.429. The lowest BCUT2D eigenvalue weighted by molar-refractivity contribution is -0.123. The van der Waals surface area contributed by atoms with Crippen molar-refractivity contribution < 1.29 is 14.7 Å². The number of hydrogen-bond donors (Lipinski definition) is 2. The standard InChI is InChI=1S/C14H16N2O3/c17-10-5-3-9(4-6-10)14(19)16-7-1-2-11-12(16)8-15-13(11)18/h3-6,11-12,17H,1-2,7-8H2,(H,15,18). The molecule has 0 aromatic heterocycles. The SMILES string of the molecule is O=C1NCC2C1CCCN2C(=O)c1ccc(O)cc1. The van der Waals surface area contributed by atoms with Crippen molar-refractivity contribution in [3.05, 3.63) is 29.8 Å². The van der Waals surface area contributed by atoms with E-state index in [1.54, 1.807) is 17.0 Å². The summed E-state index contributed by atoms with van der Waals surface area (Å²) in [7, 11) is 0. The van der Waals surface area contributed by atoms with Crippen LogP contribution in [0, 0.1) is 5.92 Å². The van der Waals surface area contributed by atoms with Gasteiger partial charge in [0.05, 0.1) is 12.0 Å². The van der Waals surface area contributed by atoms with Crippen LogP contribution in [0.5, 0.6) is 5.75 Å². The Morgan fingerprint density at radius 2 is 2.05 bits per heavy atom. The average Bonchev–Trinajstić information content (AvgIpc) is 2.81. The van der Waals surface area contributed by atoms with Crippen LogP contribution in [-0.2, 0) is 4.79 Å². The second kappa shape index (κ2) is 4.57. The first-order chi connectivity index (χ1) is 9.16. The molecule has 3 rings (SSSR count). The number of piperidine rings is 1. The van der Waals surface area contributed by atoms with Gasteiger partial charge in [-0.2, -0.15) is 0 Å². The summed E-state index contributed by atoms with van der Waals surface area (Å²) in [5, 5.41) is 12.1. The smallest absolute Gasteiger partial charge is 0.254 e. The van der Waals surface area contributed by atoms with E-state index in [1.165, 1.54) is 12.1 Å². The number of nitrogens with zero attached hydrogens (tertiary/aromatic N) is 1. The number of carbonyl (C=O) groups is 2. The molecule has 2 aliphatic rings. The van der Waals surface area contributed by atoms with E-state index in [9.17, 15) is 14.7 Å². The summed E-state index contributed by atoms with van der Waals surface area (Å²) in [6.45, 7) is 1.24. The van der Waals surface area contributed by atoms with Gasteiger partial charge in [-0.25, -0.2) is 0 Å². The Morgan fingerprint density at radius 1 is 1.32 bits per heavy atom. The number of rotatable bonds is 1. The molecule has 0 spiro atoms. The van der Waals surface area contributed by atoms with Crippen molar-refractivity contribution in [2.45, 2.75) is 18.9 Å². The Balaban J connectivity index is 1.83. The van der Waals surface area contributed by atoms with Gasteiger partial charge in [-0.15, -0.1) is 0 Å². The van der Waals surface area contributed by atoms with E-state index in [0.29, 0.717) is 18.7 Å². The quantitative estimate of drug-likeness (QED) is 0.782. The lowest BCUT2D eigenvalue weighted by Gasteiger charge is -2.36. The highest BCUT2D eigenvalue weighted by molar-refractivity contribution is 5.95. The molecule has 0 saturated carbocycles. The van der Waals surface area contributed by atoms with Crippen LogP contribution in [0.4, 0.5) is 0 Å². The van der Waals surface area contributed by atoms with E-state index in [4.69, 9.17) is 0 Å². The third-order valence-electron chi connectivity index (χ3n) is 3.98. The first-order valence-corrected chi connectivity index (χ1v) is 6.54. The summed E-state index contributed by atoms with van der Waals surface area (Å²) in [6, 6.07) is 6.22. The van der Waals surface area contributed by atoms with Gasteiger partial charge >= 0.3 is 0 Å². The Hall–Kier alpha value is -2.04. The minimum Gasteiger partial charge on any atom is -0.508 e. The zero-order valence-electron chi connectivity index (χ0n) is 10.5. The predicted octanol–water partition coefficient (Wildman–Crippen LogP) is 0.743. The number of likely N-dealkylation sites (tertiary alicyclic amines) is 1. The molecule has 5 heteroatoms. The van der Waals surface area contributed by atoms with E-state index in [2.05, 4.69) is 5.32 Å². The second-order valence-electron chi connectivity index (χ2n) is 5.11. The average molecular weight is 260 g/mol. The van der Waals surface area contributed by atoms with Crippen LogP contribution in [0.15, 0.2) is 24.3 Å². The molecule has 100 valence electrons. The summed E-state index contributed by atoms with van der Waals surface area (Å²) < 4.78 is 0. The minimum atomic E-state index is -0.0637. The molecule has 2 heterocycles. The van der Waals surface area contributed by atoms with Gasteiger partial charge < -0.3 is 15.3 Å². The van der Waals surface area contributed by atoms with E-state index in [1.807, 2.05) is 0 Å². The van der Waals surface area contributed by atoms with Gasteiger partial charge in [-0.05, 0) is 37.1 Å². The monoisotopic (exact) mass is 260 g/mol. The Labute approximate surface area is 111 Å². The van der Waals surface area contributed by atoms with Crippen molar-refractivity contribution in [1.82, 2.24) is 10.2 Å². The predicted molar refractivity (Wildman–Crippen MR) is 68.7 cm³/mol. The van der Waals surface area contributed by atoms with Crippen molar-refractivity contribution in [1.29, 1.82) is 0 Å². The molecule has 2 N–H and O–H groups in total. The van der Waals surface area contributed by atoms with E-state index in [0.717, 1.165) is 12.8 Å². The summed E-state index contributed by atoms with van der Waals surface area (Å²) >= 11 is 0. The number of amides is 2. The van der Waals surface area contributed by atoms with Crippen LogP contribution in [-0.4, -0.2) is 41.0 Å². The van der Waals surface area contributed by atoms with Gasteiger partial charge in [0.2, 0.25) is 5.91 Å². The highest BCUT2D eigenvalue weighted by Crippen LogP contribution is 2.28. The van der Waals surface area contributed by atoms with Crippen molar-refractivity contribution in [3.63, 3.8) is 0 Å². The van der Waals surface area contributed by atoms with Crippen LogP contribution in [0.25, 0.3) is 0 Å². The van der Waals surface area contributed by atoms with Gasteiger partial charge in [-0.3, -0.25) is 9.59 Å². The van der Waals surface area contributed by atoms with Gasteiger partial charge in [0.25, 0.3) is 5.91 Å². The third-order valence-corrected chi connectivity index (χ3v) is 3.98. The maximum absolute atomic E-state index is 12.5. The topological polar surface area (TPSA) is 69.6 Å². The van der Waals surface area contributed by atoms with E-state index in [-0.39, 0.29) is 29.5 Å². The maximum Gasteiger partial charge on any atom is 0.254 e. The van der Waals surface area contributed by atoms with Crippen LogP contribution < -0.4 is 5.32 Å². The minimum absolute atomic E-state index is 0.0254. The van der Waals surface area contributed by atoms with Crippen LogP contribution in [0.1, 0.15) is 23.2 Å². The van der Waals surface area contributed by atoms with Crippen molar-refractivity contribution in [3.8, 4) is 5.75 Å². The molecule has 1 aromatic rings.